The number of hydrogen-bond acceptors (Lipinski definition) is 3. The number of allylic oxidation sites excluding steroid dienone is 1. The van der Waals surface area contributed by atoms with Gasteiger partial charge in [-0.3, -0.25) is 4.98 Å². The van der Waals surface area contributed by atoms with Crippen LogP contribution in [0.2, 0.25) is 0 Å². The summed E-state index contributed by atoms with van der Waals surface area (Å²) in [5, 5.41) is 3.95. The molecule has 1 aromatic carbocycles. The van der Waals surface area contributed by atoms with Crippen molar-refractivity contribution in [2.75, 3.05) is 0 Å². The number of aromatic nitrogens is 1. The Labute approximate surface area is 113 Å². The molecular formula is C16H16N2O. The highest BCUT2D eigenvalue weighted by Gasteiger charge is 1.90. The molecule has 0 aliphatic carbocycles. The van der Waals surface area contributed by atoms with Crippen molar-refractivity contribution >= 4 is 12.3 Å². The van der Waals surface area contributed by atoms with Gasteiger partial charge in [-0.15, -0.1) is 0 Å². The smallest absolute Gasteiger partial charge is 0.142 e. The third-order valence-corrected chi connectivity index (χ3v) is 2.48. The van der Waals surface area contributed by atoms with Crippen LogP contribution < -0.4 is 0 Å². The van der Waals surface area contributed by atoms with Crippen LogP contribution in [0.1, 0.15) is 18.1 Å². The maximum atomic E-state index is 5.24. The molecule has 0 fully saturated rings. The SMILES string of the molecule is CC(C=NOCc1ccccc1)=Cc1cccnc1. The summed E-state index contributed by atoms with van der Waals surface area (Å²) in [6, 6.07) is 13.9. The molecule has 96 valence electrons. The Kier molecular flexibility index (Phi) is 4.87. The van der Waals surface area contributed by atoms with E-state index in [2.05, 4.69) is 10.1 Å². The van der Waals surface area contributed by atoms with Crippen LogP contribution in [0, 0.1) is 0 Å². The van der Waals surface area contributed by atoms with E-state index >= 15 is 0 Å². The second-order valence-corrected chi connectivity index (χ2v) is 4.17. The zero-order chi connectivity index (χ0) is 13.3. The number of benzene rings is 1. The minimum absolute atomic E-state index is 0.484. The molecule has 0 saturated carbocycles. The lowest BCUT2D eigenvalue weighted by Crippen LogP contribution is -1.87. The molecule has 19 heavy (non-hydrogen) atoms. The Hall–Kier alpha value is -2.42. The molecule has 0 unspecified atom stereocenters. The van der Waals surface area contributed by atoms with Gasteiger partial charge < -0.3 is 4.84 Å². The Morgan fingerprint density at radius 1 is 1.21 bits per heavy atom. The quantitative estimate of drug-likeness (QED) is 0.601. The molecule has 1 heterocycles. The highest BCUT2D eigenvalue weighted by Crippen LogP contribution is 2.04. The molecule has 0 radical (unpaired) electrons. The number of rotatable bonds is 5. The molecule has 2 aromatic rings. The van der Waals surface area contributed by atoms with Crippen molar-refractivity contribution in [2.24, 2.45) is 5.16 Å². The topological polar surface area (TPSA) is 34.5 Å². The molecule has 0 saturated heterocycles. The van der Waals surface area contributed by atoms with Gasteiger partial charge in [-0.05, 0) is 35.8 Å². The van der Waals surface area contributed by atoms with Crippen LogP contribution in [0.25, 0.3) is 6.08 Å². The predicted octanol–water partition coefficient (Wildman–Crippen LogP) is 3.69. The molecule has 0 aliphatic rings. The zero-order valence-corrected chi connectivity index (χ0v) is 10.9. The van der Waals surface area contributed by atoms with Crippen LogP contribution >= 0.6 is 0 Å². The summed E-state index contributed by atoms with van der Waals surface area (Å²) >= 11 is 0. The van der Waals surface area contributed by atoms with Crippen molar-refractivity contribution in [1.29, 1.82) is 0 Å². The Morgan fingerprint density at radius 3 is 2.79 bits per heavy atom. The van der Waals surface area contributed by atoms with E-state index < -0.39 is 0 Å². The fourth-order valence-electron chi connectivity index (χ4n) is 1.57. The monoisotopic (exact) mass is 252 g/mol. The standard InChI is InChI=1S/C16H16N2O/c1-14(10-16-8-5-9-17-12-16)11-18-19-13-15-6-3-2-4-7-15/h2-12H,13H2,1H3. The Morgan fingerprint density at radius 2 is 2.05 bits per heavy atom. The van der Waals surface area contributed by atoms with E-state index in [1.807, 2.05) is 61.7 Å². The van der Waals surface area contributed by atoms with E-state index in [1.54, 1.807) is 12.4 Å². The Balaban J connectivity index is 1.84. The van der Waals surface area contributed by atoms with E-state index in [4.69, 9.17) is 4.84 Å². The summed E-state index contributed by atoms with van der Waals surface area (Å²) in [6.07, 6.45) is 7.27. The van der Waals surface area contributed by atoms with Gasteiger partial charge in [-0.25, -0.2) is 0 Å². The van der Waals surface area contributed by atoms with E-state index in [0.717, 1.165) is 16.7 Å². The lowest BCUT2D eigenvalue weighted by molar-refractivity contribution is 0.132. The maximum absolute atomic E-state index is 5.24. The van der Waals surface area contributed by atoms with Crippen LogP contribution in [-0.2, 0) is 11.4 Å². The third kappa shape index (κ3) is 4.76. The fraction of sp³-hybridized carbons (Fsp3) is 0.125. The fourth-order valence-corrected chi connectivity index (χ4v) is 1.57. The van der Waals surface area contributed by atoms with Crippen LogP contribution in [-0.4, -0.2) is 11.2 Å². The van der Waals surface area contributed by atoms with E-state index in [1.165, 1.54) is 0 Å². The molecule has 0 aliphatic heterocycles. The van der Waals surface area contributed by atoms with Crippen molar-refractivity contribution in [3.05, 3.63) is 71.6 Å². The predicted molar refractivity (Wildman–Crippen MR) is 77.6 cm³/mol. The maximum Gasteiger partial charge on any atom is 0.142 e. The van der Waals surface area contributed by atoms with Gasteiger partial charge in [0.1, 0.15) is 6.61 Å². The largest absolute Gasteiger partial charge is 0.391 e. The number of nitrogens with zero attached hydrogens (tertiary/aromatic N) is 2. The lowest BCUT2D eigenvalue weighted by Gasteiger charge is -1.99. The summed E-state index contributed by atoms with van der Waals surface area (Å²) in [4.78, 5) is 9.29. The van der Waals surface area contributed by atoms with Crippen LogP contribution in [0.15, 0.2) is 65.6 Å². The first-order valence-electron chi connectivity index (χ1n) is 6.12. The molecule has 0 N–H and O–H groups in total. The minimum Gasteiger partial charge on any atom is -0.391 e. The molecule has 0 amide bonds. The lowest BCUT2D eigenvalue weighted by atomic mass is 10.2. The summed E-state index contributed by atoms with van der Waals surface area (Å²) in [7, 11) is 0. The van der Waals surface area contributed by atoms with Gasteiger partial charge in [-0.1, -0.05) is 41.6 Å². The molecule has 0 atom stereocenters. The van der Waals surface area contributed by atoms with Crippen LogP contribution in [0.4, 0.5) is 0 Å². The Bertz CT molecular complexity index is 547. The summed E-state index contributed by atoms with van der Waals surface area (Å²) < 4.78 is 0. The van der Waals surface area contributed by atoms with Gasteiger partial charge in [0.25, 0.3) is 0 Å². The first kappa shape index (κ1) is 13.0. The minimum atomic E-state index is 0.484. The van der Waals surface area contributed by atoms with Gasteiger partial charge in [0.05, 0.1) is 6.21 Å². The van der Waals surface area contributed by atoms with E-state index in [9.17, 15) is 0 Å². The average Bonchev–Trinajstić information content (AvgIpc) is 2.46. The van der Waals surface area contributed by atoms with Gasteiger partial charge in [-0.2, -0.15) is 0 Å². The van der Waals surface area contributed by atoms with Crippen molar-refractivity contribution in [3.8, 4) is 0 Å². The van der Waals surface area contributed by atoms with Crippen molar-refractivity contribution < 1.29 is 4.84 Å². The van der Waals surface area contributed by atoms with Crippen molar-refractivity contribution in [3.63, 3.8) is 0 Å². The van der Waals surface area contributed by atoms with Crippen LogP contribution in [0.3, 0.4) is 0 Å². The molecule has 3 heteroatoms. The van der Waals surface area contributed by atoms with Crippen molar-refractivity contribution in [1.82, 2.24) is 4.98 Å². The van der Waals surface area contributed by atoms with Gasteiger partial charge in [0, 0.05) is 12.4 Å². The number of oxime groups is 1. The highest BCUT2D eigenvalue weighted by atomic mass is 16.6. The molecular weight excluding hydrogens is 236 g/mol. The van der Waals surface area contributed by atoms with Gasteiger partial charge in [0.2, 0.25) is 0 Å². The van der Waals surface area contributed by atoms with E-state index in [-0.39, 0.29) is 0 Å². The van der Waals surface area contributed by atoms with Gasteiger partial charge in [0.15, 0.2) is 0 Å². The third-order valence-electron chi connectivity index (χ3n) is 2.48. The first-order chi connectivity index (χ1) is 9.34. The van der Waals surface area contributed by atoms with Gasteiger partial charge >= 0.3 is 0 Å². The second kappa shape index (κ2) is 7.11. The highest BCUT2D eigenvalue weighted by molar-refractivity contribution is 5.84. The molecule has 2 rings (SSSR count). The molecule has 0 spiro atoms. The first-order valence-corrected chi connectivity index (χ1v) is 6.12. The summed E-state index contributed by atoms with van der Waals surface area (Å²) in [6.45, 7) is 2.46. The second-order valence-electron chi connectivity index (χ2n) is 4.17. The van der Waals surface area contributed by atoms with E-state index in [0.29, 0.717) is 6.61 Å². The molecule has 1 aromatic heterocycles. The number of pyridine rings is 1. The molecule has 0 bridgehead atoms. The normalized spacial score (nSPS) is 11.7. The van der Waals surface area contributed by atoms with Crippen LogP contribution in [0.5, 0.6) is 0 Å². The zero-order valence-electron chi connectivity index (χ0n) is 10.9. The number of hydrogen-bond donors (Lipinski definition) is 0. The molecule has 3 nitrogen and oxygen atoms in total. The van der Waals surface area contributed by atoms with Crippen molar-refractivity contribution in [2.45, 2.75) is 13.5 Å². The average molecular weight is 252 g/mol. The summed E-state index contributed by atoms with van der Waals surface area (Å²) in [5.41, 5.74) is 3.17. The summed E-state index contributed by atoms with van der Waals surface area (Å²) in [5.74, 6) is 0.